The molecule has 0 N–H and O–H groups in total. The van der Waals surface area contributed by atoms with Crippen molar-refractivity contribution >= 4 is 20.2 Å². The van der Waals surface area contributed by atoms with Crippen LogP contribution in [0, 0.1) is 0 Å². The van der Waals surface area contributed by atoms with E-state index in [-0.39, 0.29) is 57.5 Å². The SMILES string of the molecule is CCCCCCCCCCCCOS(=O)(=O)c1ccc(CCCCCCCCCCCC)cc1Oc1ccc(S(=O)(=O)[O-])cc1.[Na+]. The van der Waals surface area contributed by atoms with Gasteiger partial charge in [0, 0.05) is 0 Å². The Kier molecular flexibility index (Phi) is 23.5. The molecule has 0 bridgehead atoms. The maximum absolute atomic E-state index is 13.2. The Hall–Kier alpha value is -0.940. The molecule has 0 heterocycles. The summed E-state index contributed by atoms with van der Waals surface area (Å²) in [7, 11) is -8.69. The zero-order valence-electron chi connectivity index (χ0n) is 28.8. The molecule has 0 saturated carbocycles. The molecule has 0 aromatic heterocycles. The van der Waals surface area contributed by atoms with Gasteiger partial charge in [0.1, 0.15) is 26.5 Å². The van der Waals surface area contributed by atoms with Gasteiger partial charge in [-0.3, -0.25) is 4.18 Å². The summed E-state index contributed by atoms with van der Waals surface area (Å²) in [6.07, 6.45) is 24.6. The van der Waals surface area contributed by atoms with Gasteiger partial charge in [0.25, 0.3) is 0 Å². The zero-order valence-corrected chi connectivity index (χ0v) is 32.4. The van der Waals surface area contributed by atoms with Gasteiger partial charge in [-0.25, -0.2) is 8.42 Å². The van der Waals surface area contributed by atoms with Gasteiger partial charge in [0.05, 0.1) is 11.5 Å². The zero-order chi connectivity index (χ0) is 32.8. The van der Waals surface area contributed by atoms with Crippen LogP contribution in [0.3, 0.4) is 0 Å². The maximum atomic E-state index is 13.2. The van der Waals surface area contributed by atoms with Crippen molar-refractivity contribution in [1.29, 1.82) is 0 Å². The predicted molar refractivity (Wildman–Crippen MR) is 181 cm³/mol. The third-order valence-corrected chi connectivity index (χ3v) is 10.4. The molecular formula is C36H57NaO7S2. The summed E-state index contributed by atoms with van der Waals surface area (Å²) in [5, 5.41) is 0. The van der Waals surface area contributed by atoms with Gasteiger partial charge < -0.3 is 9.29 Å². The van der Waals surface area contributed by atoms with E-state index in [1.807, 2.05) is 6.07 Å². The van der Waals surface area contributed by atoms with Crippen LogP contribution in [-0.4, -0.2) is 28.0 Å². The smallest absolute Gasteiger partial charge is 0.744 e. The van der Waals surface area contributed by atoms with Gasteiger partial charge in [-0.05, 0) is 61.2 Å². The van der Waals surface area contributed by atoms with E-state index in [2.05, 4.69) is 13.8 Å². The van der Waals surface area contributed by atoms with E-state index < -0.39 is 20.2 Å². The molecule has 2 rings (SSSR count). The Labute approximate surface area is 302 Å². The van der Waals surface area contributed by atoms with Gasteiger partial charge in [-0.2, -0.15) is 8.42 Å². The molecule has 256 valence electrons. The second kappa shape index (κ2) is 25.1. The first-order chi connectivity index (χ1) is 21.7. The molecule has 0 aliphatic rings. The van der Waals surface area contributed by atoms with Crippen LogP contribution >= 0.6 is 0 Å². The monoisotopic (exact) mass is 688 g/mol. The van der Waals surface area contributed by atoms with Crippen molar-refractivity contribution in [3.05, 3.63) is 48.0 Å². The molecule has 7 nitrogen and oxygen atoms in total. The van der Waals surface area contributed by atoms with Crippen molar-refractivity contribution in [3.63, 3.8) is 0 Å². The fourth-order valence-corrected chi connectivity index (χ4v) is 6.95. The number of rotatable bonds is 27. The van der Waals surface area contributed by atoms with Crippen LogP contribution in [0.25, 0.3) is 0 Å². The Bertz CT molecular complexity index is 1280. The van der Waals surface area contributed by atoms with Crippen molar-refractivity contribution in [2.45, 2.75) is 158 Å². The minimum atomic E-state index is -4.60. The molecule has 2 aromatic rings. The van der Waals surface area contributed by atoms with Gasteiger partial charge in [0.15, 0.2) is 0 Å². The van der Waals surface area contributed by atoms with Crippen LogP contribution in [0.15, 0.2) is 52.3 Å². The van der Waals surface area contributed by atoms with Crippen LogP contribution in [-0.2, 0) is 30.8 Å². The average molecular weight is 689 g/mol. The minimum absolute atomic E-state index is 0. The molecule has 0 amide bonds. The molecule has 0 atom stereocenters. The quantitative estimate of drug-likeness (QED) is 0.0414. The number of unbranched alkanes of at least 4 members (excludes halogenated alkanes) is 18. The van der Waals surface area contributed by atoms with E-state index in [0.717, 1.165) is 56.2 Å². The summed E-state index contributed by atoms with van der Waals surface area (Å²) in [5.74, 6) is 0.352. The summed E-state index contributed by atoms with van der Waals surface area (Å²) in [6, 6.07) is 10.1. The fourth-order valence-electron chi connectivity index (χ4n) is 5.43. The van der Waals surface area contributed by atoms with Crippen molar-refractivity contribution in [2.75, 3.05) is 6.61 Å². The molecular weight excluding hydrogens is 632 g/mol. The van der Waals surface area contributed by atoms with Gasteiger partial charge in [-0.1, -0.05) is 135 Å². The summed E-state index contributed by atoms with van der Waals surface area (Å²) in [4.78, 5) is -0.445. The van der Waals surface area contributed by atoms with Gasteiger partial charge in [0.2, 0.25) is 0 Å². The second-order valence-electron chi connectivity index (χ2n) is 12.2. The van der Waals surface area contributed by atoms with Crippen LogP contribution < -0.4 is 34.3 Å². The maximum Gasteiger partial charge on any atom is 1.00 e. The fraction of sp³-hybridized carbons (Fsp3) is 0.667. The first-order valence-corrected chi connectivity index (χ1v) is 20.2. The molecule has 0 fully saturated rings. The predicted octanol–water partition coefficient (Wildman–Crippen LogP) is 7.48. The standard InChI is InChI=1S/C36H58O7S2.Na/c1-3-5-7-9-11-13-15-17-19-21-23-32-24-29-36(35(31-32)43-33-25-27-34(28-26-33)44(37,38)39)45(40,41)42-30-22-20-18-16-14-12-10-8-6-4-2;/h24-29,31H,3-23,30H2,1-2H3,(H,37,38,39);/q;+1/p-1. The van der Waals surface area contributed by atoms with Crippen LogP contribution in [0.1, 0.15) is 148 Å². The molecule has 0 aliphatic carbocycles. The van der Waals surface area contributed by atoms with E-state index in [1.165, 1.54) is 108 Å². The molecule has 0 unspecified atom stereocenters. The molecule has 0 saturated heterocycles. The minimum Gasteiger partial charge on any atom is -0.744 e. The van der Waals surface area contributed by atoms with E-state index in [4.69, 9.17) is 8.92 Å². The Morgan fingerprint density at radius 3 is 1.52 bits per heavy atom. The van der Waals surface area contributed by atoms with Crippen molar-refractivity contribution in [2.24, 2.45) is 0 Å². The van der Waals surface area contributed by atoms with Crippen LogP contribution in [0.2, 0.25) is 0 Å². The summed E-state index contributed by atoms with van der Waals surface area (Å²) < 4.78 is 71.8. The molecule has 0 spiro atoms. The normalized spacial score (nSPS) is 11.8. The van der Waals surface area contributed by atoms with Gasteiger partial charge in [-0.15, -0.1) is 0 Å². The van der Waals surface area contributed by atoms with E-state index in [0.29, 0.717) is 6.42 Å². The van der Waals surface area contributed by atoms with Crippen molar-refractivity contribution < 1.29 is 59.9 Å². The molecule has 46 heavy (non-hydrogen) atoms. The van der Waals surface area contributed by atoms with Crippen molar-refractivity contribution in [1.82, 2.24) is 0 Å². The van der Waals surface area contributed by atoms with Gasteiger partial charge >= 0.3 is 39.7 Å². The third-order valence-electron chi connectivity index (χ3n) is 8.17. The average Bonchev–Trinajstić information content (AvgIpc) is 3.00. The number of hydrogen-bond donors (Lipinski definition) is 0. The second-order valence-corrected chi connectivity index (χ2v) is 15.2. The first-order valence-electron chi connectivity index (χ1n) is 17.4. The molecule has 0 radical (unpaired) electrons. The molecule has 10 heteroatoms. The number of aryl methyl sites for hydroxylation is 1. The molecule has 2 aromatic carbocycles. The number of ether oxygens (including phenoxy) is 1. The van der Waals surface area contributed by atoms with E-state index in [9.17, 15) is 21.4 Å². The summed E-state index contributed by atoms with van der Waals surface area (Å²) in [6.45, 7) is 4.56. The van der Waals surface area contributed by atoms with Crippen LogP contribution in [0.4, 0.5) is 0 Å². The first kappa shape index (κ1) is 43.1. The number of hydrogen-bond acceptors (Lipinski definition) is 7. The van der Waals surface area contributed by atoms with Crippen LogP contribution in [0.5, 0.6) is 11.5 Å². The third kappa shape index (κ3) is 18.6. The van der Waals surface area contributed by atoms with E-state index in [1.54, 1.807) is 6.07 Å². The topological polar surface area (TPSA) is 110 Å². The van der Waals surface area contributed by atoms with E-state index >= 15 is 0 Å². The Morgan fingerprint density at radius 1 is 0.587 bits per heavy atom. The Balaban J connectivity index is 0.0000106. The summed E-state index contributed by atoms with van der Waals surface area (Å²) >= 11 is 0. The number of benzene rings is 2. The van der Waals surface area contributed by atoms with Crippen molar-refractivity contribution in [3.8, 4) is 11.5 Å². The largest absolute Gasteiger partial charge is 1.00 e. The summed E-state index contributed by atoms with van der Waals surface area (Å²) in [5.41, 5.74) is 0.956. The molecule has 0 aliphatic heterocycles. The Morgan fingerprint density at radius 2 is 1.04 bits per heavy atom.